The Labute approximate surface area is 131 Å². The number of carbonyl (C=O) groups excluding carboxylic acids is 2. The number of rotatable bonds is 5. The maximum Gasteiger partial charge on any atom is 0.251 e. The van der Waals surface area contributed by atoms with Crippen LogP contribution in [-0.4, -0.2) is 29.6 Å². The van der Waals surface area contributed by atoms with E-state index in [1.54, 1.807) is 18.2 Å². The molecule has 0 radical (unpaired) electrons. The van der Waals surface area contributed by atoms with Gasteiger partial charge in [-0.15, -0.1) is 0 Å². The predicted octanol–water partition coefficient (Wildman–Crippen LogP) is 2.23. The normalized spacial score (nSPS) is 16.3. The molecule has 0 heterocycles. The van der Waals surface area contributed by atoms with E-state index in [4.69, 9.17) is 0 Å². The number of benzene rings is 1. The summed E-state index contributed by atoms with van der Waals surface area (Å²) >= 11 is 0. The van der Waals surface area contributed by atoms with Gasteiger partial charge in [0.15, 0.2) is 0 Å². The van der Waals surface area contributed by atoms with Gasteiger partial charge in [0.2, 0.25) is 5.91 Å². The molecule has 1 aliphatic rings. The lowest BCUT2D eigenvalue weighted by Gasteiger charge is -2.18. The zero-order valence-electron chi connectivity index (χ0n) is 13.2. The molecule has 2 amide bonds. The van der Waals surface area contributed by atoms with E-state index in [0.717, 1.165) is 31.2 Å². The lowest BCUT2D eigenvalue weighted by atomic mass is 10.0. The summed E-state index contributed by atoms with van der Waals surface area (Å²) in [4.78, 5) is 23.3. The van der Waals surface area contributed by atoms with Gasteiger partial charge in [-0.3, -0.25) is 9.59 Å². The van der Waals surface area contributed by atoms with Crippen molar-refractivity contribution in [2.24, 2.45) is 5.92 Å². The quantitative estimate of drug-likeness (QED) is 0.780. The summed E-state index contributed by atoms with van der Waals surface area (Å²) in [6.07, 6.45) is 3.91. The van der Waals surface area contributed by atoms with Gasteiger partial charge in [0.05, 0.1) is 6.10 Å². The number of aryl methyl sites for hydroxylation is 1. The van der Waals surface area contributed by atoms with Gasteiger partial charge >= 0.3 is 0 Å². The number of hydrogen-bond donors (Lipinski definition) is 3. The van der Waals surface area contributed by atoms with Crippen LogP contribution in [-0.2, 0) is 4.79 Å². The van der Waals surface area contributed by atoms with Gasteiger partial charge in [0.25, 0.3) is 5.91 Å². The standard InChI is InChI=1S/C17H24N2O3/c1-11-7-8-14(9-15(11)19-12(2)20)17(22)18-10-16(21)13-5-3-4-6-13/h7-9,13,16,21H,3-6,10H2,1-2H3,(H,18,22)(H,19,20). The molecule has 1 fully saturated rings. The van der Waals surface area contributed by atoms with Crippen LogP contribution in [0.3, 0.4) is 0 Å². The molecule has 1 atom stereocenters. The van der Waals surface area contributed by atoms with Gasteiger partial charge in [0.1, 0.15) is 0 Å². The topological polar surface area (TPSA) is 78.4 Å². The zero-order valence-corrected chi connectivity index (χ0v) is 13.2. The average molecular weight is 304 g/mol. The number of hydrogen-bond acceptors (Lipinski definition) is 3. The Hall–Kier alpha value is -1.88. The molecule has 1 unspecified atom stereocenters. The van der Waals surface area contributed by atoms with Crippen molar-refractivity contribution in [3.63, 3.8) is 0 Å². The lowest BCUT2D eigenvalue weighted by molar-refractivity contribution is -0.114. The first-order chi connectivity index (χ1) is 10.5. The monoisotopic (exact) mass is 304 g/mol. The molecule has 1 saturated carbocycles. The molecule has 1 aliphatic carbocycles. The van der Waals surface area contributed by atoms with Crippen molar-refractivity contribution < 1.29 is 14.7 Å². The van der Waals surface area contributed by atoms with Crippen molar-refractivity contribution in [3.8, 4) is 0 Å². The summed E-state index contributed by atoms with van der Waals surface area (Å²) in [5.41, 5.74) is 2.02. The summed E-state index contributed by atoms with van der Waals surface area (Å²) in [6.45, 7) is 3.58. The fourth-order valence-electron chi connectivity index (χ4n) is 2.90. The third kappa shape index (κ3) is 4.31. The van der Waals surface area contributed by atoms with Gasteiger partial charge in [-0.1, -0.05) is 18.9 Å². The van der Waals surface area contributed by atoms with E-state index in [2.05, 4.69) is 10.6 Å². The molecule has 0 bridgehead atoms. The number of nitrogens with one attached hydrogen (secondary N) is 2. The summed E-state index contributed by atoms with van der Waals surface area (Å²) in [5.74, 6) is -0.103. The Kier molecular flexibility index (Phi) is 5.55. The number of aliphatic hydroxyl groups excluding tert-OH is 1. The minimum absolute atomic E-state index is 0.169. The smallest absolute Gasteiger partial charge is 0.251 e. The highest BCUT2D eigenvalue weighted by atomic mass is 16.3. The number of aliphatic hydroxyl groups is 1. The van der Waals surface area contributed by atoms with Crippen LogP contribution in [0.15, 0.2) is 18.2 Å². The Morgan fingerprint density at radius 2 is 2.00 bits per heavy atom. The van der Waals surface area contributed by atoms with Gasteiger partial charge in [-0.2, -0.15) is 0 Å². The maximum atomic E-state index is 12.2. The largest absolute Gasteiger partial charge is 0.391 e. The first kappa shape index (κ1) is 16.5. The number of carbonyl (C=O) groups is 2. The molecule has 0 saturated heterocycles. The second-order valence-corrected chi connectivity index (χ2v) is 6.03. The third-order valence-electron chi connectivity index (χ3n) is 4.23. The Morgan fingerprint density at radius 1 is 1.32 bits per heavy atom. The Balaban J connectivity index is 1.95. The molecule has 0 aromatic heterocycles. The minimum atomic E-state index is -0.480. The van der Waals surface area contributed by atoms with Crippen LogP contribution in [0.2, 0.25) is 0 Å². The van der Waals surface area contributed by atoms with Crippen molar-refractivity contribution in [3.05, 3.63) is 29.3 Å². The molecule has 22 heavy (non-hydrogen) atoms. The summed E-state index contributed by atoms with van der Waals surface area (Å²) in [7, 11) is 0. The first-order valence-corrected chi connectivity index (χ1v) is 7.82. The van der Waals surface area contributed by atoms with E-state index in [9.17, 15) is 14.7 Å². The second-order valence-electron chi connectivity index (χ2n) is 6.03. The summed E-state index contributed by atoms with van der Waals surface area (Å²) in [5, 5.41) is 15.6. The Morgan fingerprint density at radius 3 is 2.64 bits per heavy atom. The Bertz CT molecular complexity index is 551. The van der Waals surface area contributed by atoms with E-state index < -0.39 is 6.10 Å². The highest BCUT2D eigenvalue weighted by Crippen LogP contribution is 2.27. The van der Waals surface area contributed by atoms with Crippen molar-refractivity contribution in [2.45, 2.75) is 45.6 Å². The maximum absolute atomic E-state index is 12.2. The van der Waals surface area contributed by atoms with Crippen LogP contribution in [0, 0.1) is 12.8 Å². The highest BCUT2D eigenvalue weighted by Gasteiger charge is 2.23. The van der Waals surface area contributed by atoms with Gasteiger partial charge in [-0.25, -0.2) is 0 Å². The molecule has 5 heteroatoms. The molecule has 0 spiro atoms. The lowest BCUT2D eigenvalue weighted by Crippen LogP contribution is -2.35. The van der Waals surface area contributed by atoms with Crippen molar-refractivity contribution in [1.82, 2.24) is 5.32 Å². The number of amides is 2. The van der Waals surface area contributed by atoms with E-state index >= 15 is 0 Å². The van der Waals surface area contributed by atoms with Crippen LogP contribution in [0.25, 0.3) is 0 Å². The molecule has 5 nitrogen and oxygen atoms in total. The fourth-order valence-corrected chi connectivity index (χ4v) is 2.90. The van der Waals surface area contributed by atoms with Crippen molar-refractivity contribution in [1.29, 1.82) is 0 Å². The third-order valence-corrected chi connectivity index (χ3v) is 4.23. The average Bonchev–Trinajstić information content (AvgIpc) is 3.00. The molecule has 0 aliphatic heterocycles. The van der Waals surface area contributed by atoms with Gasteiger partial charge < -0.3 is 15.7 Å². The second kappa shape index (κ2) is 7.40. The summed E-state index contributed by atoms with van der Waals surface area (Å²) < 4.78 is 0. The highest BCUT2D eigenvalue weighted by molar-refractivity contribution is 5.97. The fraction of sp³-hybridized carbons (Fsp3) is 0.529. The molecule has 1 aromatic rings. The number of anilines is 1. The van der Waals surface area contributed by atoms with Crippen LogP contribution in [0.4, 0.5) is 5.69 Å². The summed E-state index contributed by atoms with van der Waals surface area (Å²) in [6, 6.07) is 5.18. The van der Waals surface area contributed by atoms with Crippen LogP contribution < -0.4 is 10.6 Å². The van der Waals surface area contributed by atoms with Crippen molar-refractivity contribution in [2.75, 3.05) is 11.9 Å². The van der Waals surface area contributed by atoms with Gasteiger partial charge in [-0.05, 0) is 43.4 Å². The first-order valence-electron chi connectivity index (χ1n) is 7.82. The molecule has 1 aromatic carbocycles. The van der Waals surface area contributed by atoms with E-state index in [1.165, 1.54) is 6.92 Å². The van der Waals surface area contributed by atoms with Crippen LogP contribution in [0.5, 0.6) is 0 Å². The molecule has 2 rings (SSSR count). The molecular formula is C17H24N2O3. The molecule has 120 valence electrons. The van der Waals surface area contributed by atoms with Gasteiger partial charge in [0, 0.05) is 24.7 Å². The minimum Gasteiger partial charge on any atom is -0.391 e. The van der Waals surface area contributed by atoms with E-state index in [0.29, 0.717) is 17.2 Å². The van der Waals surface area contributed by atoms with E-state index in [1.807, 2.05) is 6.92 Å². The SMILES string of the molecule is CC(=O)Nc1cc(C(=O)NCC(O)C2CCCC2)ccc1C. The van der Waals surface area contributed by atoms with Crippen LogP contribution >= 0.6 is 0 Å². The van der Waals surface area contributed by atoms with Crippen molar-refractivity contribution >= 4 is 17.5 Å². The van der Waals surface area contributed by atoms with E-state index in [-0.39, 0.29) is 18.4 Å². The molecule has 3 N–H and O–H groups in total. The predicted molar refractivity (Wildman–Crippen MR) is 85.8 cm³/mol. The van der Waals surface area contributed by atoms with Crippen LogP contribution in [0.1, 0.15) is 48.5 Å². The zero-order chi connectivity index (χ0) is 16.1. The molecular weight excluding hydrogens is 280 g/mol.